The number of carboxylic acid groups (broad SMARTS) is 1. The lowest BCUT2D eigenvalue weighted by Gasteiger charge is -2.10. The van der Waals surface area contributed by atoms with E-state index < -0.39 is 5.97 Å². The molecule has 0 radical (unpaired) electrons. The van der Waals surface area contributed by atoms with Crippen molar-refractivity contribution in [3.8, 4) is 22.3 Å². The minimum atomic E-state index is -1.00. The van der Waals surface area contributed by atoms with Gasteiger partial charge in [-0.05, 0) is 45.7 Å². The van der Waals surface area contributed by atoms with Crippen LogP contribution in [0.1, 0.15) is 26.3 Å². The Morgan fingerprint density at radius 3 is 2.04 bits per heavy atom. The number of fused-ring (bicyclic) bond motifs is 3. The van der Waals surface area contributed by atoms with Crippen molar-refractivity contribution in [2.24, 2.45) is 0 Å². The highest BCUT2D eigenvalue weighted by atomic mass is 16.4. The van der Waals surface area contributed by atoms with Crippen molar-refractivity contribution in [1.29, 1.82) is 0 Å². The molecule has 5 rings (SSSR count). The average molecular weight is 350 g/mol. The summed E-state index contributed by atoms with van der Waals surface area (Å²) in [5.74, 6) is -1.10. The third-order valence-electron chi connectivity index (χ3n) is 5.17. The van der Waals surface area contributed by atoms with Crippen LogP contribution >= 0.6 is 0 Å². The zero-order valence-corrected chi connectivity index (χ0v) is 14.3. The van der Waals surface area contributed by atoms with Gasteiger partial charge in [-0.25, -0.2) is 4.79 Å². The summed E-state index contributed by atoms with van der Waals surface area (Å²) in [6.07, 6.45) is 0. The Morgan fingerprint density at radius 1 is 0.630 bits per heavy atom. The van der Waals surface area contributed by atoms with Gasteiger partial charge in [0.1, 0.15) is 0 Å². The van der Waals surface area contributed by atoms with Gasteiger partial charge in [-0.2, -0.15) is 0 Å². The molecule has 1 aliphatic carbocycles. The SMILES string of the molecule is O=C(O)c1ccc(C(=O)c2ccc3cccc4c3c2-c2ccccc2-4)cc1. The lowest BCUT2D eigenvalue weighted by atomic mass is 9.92. The number of carbonyl (C=O) groups is 2. The Labute approximate surface area is 155 Å². The molecule has 0 heterocycles. The Balaban J connectivity index is 1.74. The summed E-state index contributed by atoms with van der Waals surface area (Å²) in [6.45, 7) is 0. The van der Waals surface area contributed by atoms with E-state index in [4.69, 9.17) is 5.11 Å². The van der Waals surface area contributed by atoms with Crippen LogP contribution in [0.3, 0.4) is 0 Å². The molecule has 0 bridgehead atoms. The number of carbonyl (C=O) groups excluding carboxylic acids is 1. The van der Waals surface area contributed by atoms with Crippen LogP contribution in [0.15, 0.2) is 78.9 Å². The van der Waals surface area contributed by atoms with Crippen molar-refractivity contribution in [2.45, 2.75) is 0 Å². The molecule has 128 valence electrons. The van der Waals surface area contributed by atoms with Crippen molar-refractivity contribution in [1.82, 2.24) is 0 Å². The van der Waals surface area contributed by atoms with Crippen LogP contribution in [0.25, 0.3) is 33.0 Å². The largest absolute Gasteiger partial charge is 0.478 e. The highest BCUT2D eigenvalue weighted by molar-refractivity contribution is 6.24. The zero-order valence-electron chi connectivity index (χ0n) is 14.3. The van der Waals surface area contributed by atoms with Gasteiger partial charge in [0.25, 0.3) is 0 Å². The fraction of sp³-hybridized carbons (Fsp3) is 0. The first-order chi connectivity index (χ1) is 13.1. The van der Waals surface area contributed by atoms with Crippen LogP contribution in [0.2, 0.25) is 0 Å². The number of hydrogen-bond acceptors (Lipinski definition) is 2. The summed E-state index contributed by atoms with van der Waals surface area (Å²) >= 11 is 0. The first-order valence-corrected chi connectivity index (χ1v) is 8.69. The Morgan fingerprint density at radius 2 is 1.30 bits per heavy atom. The standard InChI is InChI=1S/C24H14O3/c25-23(15-8-10-16(11-9-15)24(26)27)20-13-12-14-4-3-7-18-17-5-1-2-6-19(17)22(20)21(14)18/h1-13H,(H,26,27). The summed E-state index contributed by atoms with van der Waals surface area (Å²) < 4.78 is 0. The Hall–Kier alpha value is -3.72. The van der Waals surface area contributed by atoms with Gasteiger partial charge in [-0.3, -0.25) is 4.79 Å². The summed E-state index contributed by atoms with van der Waals surface area (Å²) in [4.78, 5) is 24.3. The molecule has 4 aromatic rings. The van der Waals surface area contributed by atoms with Crippen molar-refractivity contribution >= 4 is 22.5 Å². The van der Waals surface area contributed by atoms with Crippen molar-refractivity contribution < 1.29 is 14.7 Å². The number of carboxylic acids is 1. The van der Waals surface area contributed by atoms with Gasteiger partial charge < -0.3 is 5.11 Å². The predicted octanol–water partition coefficient (Wildman–Crippen LogP) is 5.42. The van der Waals surface area contributed by atoms with E-state index >= 15 is 0 Å². The predicted molar refractivity (Wildman–Crippen MR) is 105 cm³/mol. The number of ketones is 1. The Bertz CT molecular complexity index is 1250. The molecule has 0 saturated heterocycles. The lowest BCUT2D eigenvalue weighted by Crippen LogP contribution is -2.04. The smallest absolute Gasteiger partial charge is 0.335 e. The van der Waals surface area contributed by atoms with E-state index in [2.05, 4.69) is 24.3 Å². The van der Waals surface area contributed by atoms with E-state index in [0.717, 1.165) is 33.0 Å². The molecule has 0 spiro atoms. The molecular weight excluding hydrogens is 336 g/mol. The second-order valence-corrected chi connectivity index (χ2v) is 6.65. The maximum Gasteiger partial charge on any atom is 0.335 e. The van der Waals surface area contributed by atoms with Gasteiger partial charge in [-0.1, -0.05) is 60.7 Å². The molecule has 0 atom stereocenters. The van der Waals surface area contributed by atoms with E-state index in [1.165, 1.54) is 12.1 Å². The molecular formula is C24H14O3. The molecule has 0 unspecified atom stereocenters. The van der Waals surface area contributed by atoms with Crippen LogP contribution < -0.4 is 0 Å². The molecule has 0 aromatic heterocycles. The van der Waals surface area contributed by atoms with Crippen molar-refractivity contribution in [3.05, 3.63) is 95.6 Å². The number of benzene rings is 4. The second kappa shape index (κ2) is 5.64. The quantitative estimate of drug-likeness (QED) is 0.442. The average Bonchev–Trinajstić information content (AvgIpc) is 3.05. The molecule has 0 fully saturated rings. The van der Waals surface area contributed by atoms with Crippen LogP contribution in [0.4, 0.5) is 0 Å². The van der Waals surface area contributed by atoms with Crippen LogP contribution in [-0.4, -0.2) is 16.9 Å². The molecule has 3 heteroatoms. The minimum absolute atomic E-state index is 0.102. The topological polar surface area (TPSA) is 54.4 Å². The van der Waals surface area contributed by atoms with Crippen LogP contribution in [0, 0.1) is 0 Å². The summed E-state index contributed by atoms with van der Waals surface area (Å²) in [7, 11) is 0. The van der Waals surface area contributed by atoms with Gasteiger partial charge >= 0.3 is 5.97 Å². The van der Waals surface area contributed by atoms with Gasteiger partial charge in [0.2, 0.25) is 0 Å². The van der Waals surface area contributed by atoms with E-state index in [0.29, 0.717) is 11.1 Å². The van der Waals surface area contributed by atoms with Gasteiger partial charge in [-0.15, -0.1) is 0 Å². The molecule has 4 aromatic carbocycles. The molecule has 3 nitrogen and oxygen atoms in total. The molecule has 27 heavy (non-hydrogen) atoms. The molecule has 0 aliphatic heterocycles. The van der Waals surface area contributed by atoms with E-state index in [9.17, 15) is 9.59 Å². The molecule has 1 aliphatic rings. The van der Waals surface area contributed by atoms with Gasteiger partial charge in [0, 0.05) is 16.7 Å². The summed E-state index contributed by atoms with van der Waals surface area (Å²) in [5, 5.41) is 11.3. The van der Waals surface area contributed by atoms with E-state index in [1.807, 2.05) is 30.3 Å². The van der Waals surface area contributed by atoms with Crippen molar-refractivity contribution in [3.63, 3.8) is 0 Å². The monoisotopic (exact) mass is 350 g/mol. The zero-order chi connectivity index (χ0) is 18.5. The van der Waals surface area contributed by atoms with Gasteiger partial charge in [0.15, 0.2) is 5.78 Å². The number of rotatable bonds is 3. The highest BCUT2D eigenvalue weighted by Gasteiger charge is 2.26. The summed E-state index contributed by atoms with van der Waals surface area (Å²) in [6, 6.07) is 24.3. The maximum atomic E-state index is 13.2. The van der Waals surface area contributed by atoms with E-state index in [1.54, 1.807) is 12.1 Å². The molecule has 0 amide bonds. The highest BCUT2D eigenvalue weighted by Crippen LogP contribution is 2.48. The normalized spacial score (nSPS) is 11.4. The number of hydrogen-bond donors (Lipinski definition) is 1. The second-order valence-electron chi connectivity index (χ2n) is 6.65. The van der Waals surface area contributed by atoms with Crippen LogP contribution in [-0.2, 0) is 0 Å². The molecule has 1 N–H and O–H groups in total. The van der Waals surface area contributed by atoms with E-state index in [-0.39, 0.29) is 11.3 Å². The van der Waals surface area contributed by atoms with Crippen LogP contribution in [0.5, 0.6) is 0 Å². The Kier molecular flexibility index (Phi) is 3.25. The van der Waals surface area contributed by atoms with Gasteiger partial charge in [0.05, 0.1) is 5.56 Å². The first kappa shape index (κ1) is 15.5. The summed E-state index contributed by atoms with van der Waals surface area (Å²) in [5.41, 5.74) is 5.61. The third kappa shape index (κ3) is 2.22. The maximum absolute atomic E-state index is 13.2. The third-order valence-corrected chi connectivity index (χ3v) is 5.17. The lowest BCUT2D eigenvalue weighted by molar-refractivity contribution is 0.0696. The fourth-order valence-corrected chi connectivity index (χ4v) is 3.93. The fourth-order valence-electron chi connectivity index (χ4n) is 3.93. The number of aromatic carboxylic acids is 1. The minimum Gasteiger partial charge on any atom is -0.478 e. The van der Waals surface area contributed by atoms with Crippen molar-refractivity contribution in [2.75, 3.05) is 0 Å². The first-order valence-electron chi connectivity index (χ1n) is 8.69. The molecule has 0 saturated carbocycles.